The lowest BCUT2D eigenvalue weighted by Gasteiger charge is -2.28. The van der Waals surface area contributed by atoms with Crippen molar-refractivity contribution in [1.82, 2.24) is 19.7 Å². The number of rotatable bonds is 3. The topological polar surface area (TPSA) is 75.6 Å². The van der Waals surface area contributed by atoms with Gasteiger partial charge in [0.05, 0.1) is 22.3 Å². The van der Waals surface area contributed by atoms with Gasteiger partial charge < -0.3 is 10.3 Å². The molecule has 4 aromatic rings. The SMILES string of the molecule is Cc1cccc(Nc2nn(-c3nc4ccccc4[nH]3)c3c2C(=O)CC(C)(C)C3)c1C. The maximum atomic E-state index is 13.2. The summed E-state index contributed by atoms with van der Waals surface area (Å²) < 4.78 is 1.81. The molecule has 2 aromatic heterocycles. The number of hydrogen-bond acceptors (Lipinski definition) is 4. The van der Waals surface area contributed by atoms with Gasteiger partial charge in [-0.1, -0.05) is 38.1 Å². The Kier molecular flexibility index (Phi) is 4.07. The highest BCUT2D eigenvalue weighted by Crippen LogP contribution is 2.39. The van der Waals surface area contributed by atoms with E-state index in [0.717, 1.165) is 34.4 Å². The van der Waals surface area contributed by atoms with Crippen molar-refractivity contribution in [2.75, 3.05) is 5.32 Å². The van der Waals surface area contributed by atoms with Crippen molar-refractivity contribution in [3.8, 4) is 5.95 Å². The Labute approximate surface area is 175 Å². The lowest BCUT2D eigenvalue weighted by Crippen LogP contribution is -2.28. The Bertz CT molecular complexity index is 1260. The molecule has 6 nitrogen and oxygen atoms in total. The largest absolute Gasteiger partial charge is 0.338 e. The van der Waals surface area contributed by atoms with E-state index in [1.165, 1.54) is 5.56 Å². The Hall–Kier alpha value is -3.41. The van der Waals surface area contributed by atoms with Gasteiger partial charge in [0.25, 0.3) is 0 Å². The lowest BCUT2D eigenvalue weighted by molar-refractivity contribution is 0.0911. The van der Waals surface area contributed by atoms with Crippen molar-refractivity contribution in [3.05, 3.63) is 64.8 Å². The van der Waals surface area contributed by atoms with E-state index in [-0.39, 0.29) is 11.2 Å². The number of aromatic amines is 1. The van der Waals surface area contributed by atoms with Crippen LogP contribution in [-0.2, 0) is 6.42 Å². The quantitative estimate of drug-likeness (QED) is 0.492. The van der Waals surface area contributed by atoms with E-state index >= 15 is 0 Å². The van der Waals surface area contributed by atoms with Gasteiger partial charge in [-0.05, 0) is 55.0 Å². The number of nitrogens with one attached hydrogen (secondary N) is 2. The summed E-state index contributed by atoms with van der Waals surface area (Å²) in [6.07, 6.45) is 1.26. The van der Waals surface area contributed by atoms with Crippen LogP contribution in [0.3, 0.4) is 0 Å². The highest BCUT2D eigenvalue weighted by Gasteiger charge is 2.37. The maximum Gasteiger partial charge on any atom is 0.229 e. The third kappa shape index (κ3) is 3.00. The number of imidazole rings is 1. The number of aryl methyl sites for hydroxylation is 1. The monoisotopic (exact) mass is 399 g/mol. The van der Waals surface area contributed by atoms with Gasteiger partial charge >= 0.3 is 0 Å². The Morgan fingerprint density at radius 3 is 2.67 bits per heavy atom. The third-order valence-electron chi connectivity index (χ3n) is 5.98. The first kappa shape index (κ1) is 18.6. The minimum absolute atomic E-state index is 0.121. The molecule has 0 aliphatic heterocycles. The molecule has 1 aliphatic carbocycles. The van der Waals surface area contributed by atoms with Crippen LogP contribution < -0.4 is 5.32 Å². The molecule has 0 saturated heterocycles. The van der Waals surface area contributed by atoms with Crippen LogP contribution in [0.4, 0.5) is 11.5 Å². The van der Waals surface area contributed by atoms with Gasteiger partial charge in [-0.2, -0.15) is 0 Å². The molecule has 2 N–H and O–H groups in total. The average Bonchev–Trinajstić information content (AvgIpc) is 3.26. The summed E-state index contributed by atoms with van der Waals surface area (Å²) in [5, 5.41) is 8.26. The fraction of sp³-hybridized carbons (Fsp3) is 0.292. The molecular weight excluding hydrogens is 374 g/mol. The number of benzene rings is 2. The first-order chi connectivity index (χ1) is 14.3. The summed E-state index contributed by atoms with van der Waals surface area (Å²) in [6.45, 7) is 8.41. The van der Waals surface area contributed by atoms with Crippen LogP contribution in [0, 0.1) is 19.3 Å². The van der Waals surface area contributed by atoms with Crippen LogP contribution in [0.1, 0.15) is 47.4 Å². The smallest absolute Gasteiger partial charge is 0.229 e. The molecule has 1 aliphatic rings. The zero-order valence-electron chi connectivity index (χ0n) is 17.7. The summed E-state index contributed by atoms with van der Waals surface area (Å²) in [5.74, 6) is 1.35. The van der Waals surface area contributed by atoms with Crippen LogP contribution in [0.2, 0.25) is 0 Å². The Balaban J connectivity index is 1.69. The summed E-state index contributed by atoms with van der Waals surface area (Å²) >= 11 is 0. The van der Waals surface area contributed by atoms with Crippen molar-refractivity contribution >= 4 is 28.3 Å². The standard InChI is InChI=1S/C24H25N5O/c1-14-8-7-11-16(15(14)2)25-22-21-19(12-24(3,4)13-20(21)30)29(28-22)23-26-17-9-5-6-10-18(17)27-23/h5-11H,12-13H2,1-4H3,(H,25,28)(H,26,27). The normalized spacial score (nSPS) is 15.4. The average molecular weight is 399 g/mol. The molecule has 30 heavy (non-hydrogen) atoms. The van der Waals surface area contributed by atoms with E-state index < -0.39 is 0 Å². The van der Waals surface area contributed by atoms with E-state index in [4.69, 9.17) is 10.1 Å². The first-order valence-corrected chi connectivity index (χ1v) is 10.3. The van der Waals surface area contributed by atoms with Gasteiger partial charge in [0, 0.05) is 12.1 Å². The molecule has 5 rings (SSSR count). The van der Waals surface area contributed by atoms with E-state index in [1.807, 2.05) is 41.1 Å². The molecule has 0 spiro atoms. The second kappa shape index (κ2) is 6.55. The Morgan fingerprint density at radius 1 is 1.07 bits per heavy atom. The van der Waals surface area contributed by atoms with Crippen LogP contribution in [0.15, 0.2) is 42.5 Å². The third-order valence-corrected chi connectivity index (χ3v) is 5.98. The molecule has 0 atom stereocenters. The number of H-pyrrole nitrogens is 1. The molecule has 152 valence electrons. The molecular formula is C24H25N5O. The number of hydrogen-bond donors (Lipinski definition) is 2. The molecule has 6 heteroatoms. The fourth-order valence-electron chi connectivity index (χ4n) is 4.26. The van der Waals surface area contributed by atoms with Crippen molar-refractivity contribution in [2.24, 2.45) is 5.41 Å². The Morgan fingerprint density at radius 2 is 1.87 bits per heavy atom. The van der Waals surface area contributed by atoms with Crippen LogP contribution in [0.5, 0.6) is 0 Å². The minimum atomic E-state index is -0.121. The molecule has 2 heterocycles. The predicted molar refractivity (Wildman–Crippen MR) is 119 cm³/mol. The zero-order chi connectivity index (χ0) is 21.0. The van der Waals surface area contributed by atoms with Crippen LogP contribution >= 0.6 is 0 Å². The minimum Gasteiger partial charge on any atom is -0.338 e. The number of aromatic nitrogens is 4. The van der Waals surface area contributed by atoms with Gasteiger partial charge in [-0.3, -0.25) is 4.79 Å². The van der Waals surface area contributed by atoms with E-state index in [2.05, 4.69) is 44.1 Å². The summed E-state index contributed by atoms with van der Waals surface area (Å²) in [5.41, 5.74) is 6.59. The van der Waals surface area contributed by atoms with E-state index in [1.54, 1.807) is 0 Å². The molecule has 0 fully saturated rings. The van der Waals surface area contributed by atoms with Crippen LogP contribution in [0.25, 0.3) is 17.0 Å². The number of fused-ring (bicyclic) bond motifs is 2. The molecule has 0 saturated carbocycles. The van der Waals surface area contributed by atoms with E-state index in [9.17, 15) is 4.79 Å². The molecule has 0 radical (unpaired) electrons. The molecule has 0 amide bonds. The van der Waals surface area contributed by atoms with Gasteiger partial charge in [0.2, 0.25) is 5.95 Å². The number of nitrogens with zero attached hydrogens (tertiary/aromatic N) is 3. The number of ketones is 1. The number of Topliss-reactive ketones (excluding diaryl/α,β-unsaturated/α-hetero) is 1. The fourth-order valence-corrected chi connectivity index (χ4v) is 4.26. The number of carbonyl (C=O) groups excluding carboxylic acids is 1. The predicted octanol–water partition coefficient (Wildman–Crippen LogP) is 5.26. The molecule has 0 bridgehead atoms. The van der Waals surface area contributed by atoms with Crippen LogP contribution in [-0.4, -0.2) is 25.5 Å². The number of anilines is 2. The van der Waals surface area contributed by atoms with E-state index in [0.29, 0.717) is 23.8 Å². The van der Waals surface area contributed by atoms with Gasteiger partial charge in [-0.15, -0.1) is 5.10 Å². The molecule has 0 unspecified atom stereocenters. The van der Waals surface area contributed by atoms with Crippen molar-refractivity contribution in [3.63, 3.8) is 0 Å². The first-order valence-electron chi connectivity index (χ1n) is 10.3. The summed E-state index contributed by atoms with van der Waals surface area (Å²) in [7, 11) is 0. The highest BCUT2D eigenvalue weighted by molar-refractivity contribution is 6.03. The van der Waals surface area contributed by atoms with Gasteiger partial charge in [0.1, 0.15) is 0 Å². The molecule has 2 aromatic carbocycles. The second-order valence-electron chi connectivity index (χ2n) is 8.97. The van der Waals surface area contributed by atoms with Gasteiger partial charge in [-0.25, -0.2) is 9.67 Å². The van der Waals surface area contributed by atoms with Crippen molar-refractivity contribution < 1.29 is 4.79 Å². The zero-order valence-corrected chi connectivity index (χ0v) is 17.7. The number of carbonyl (C=O) groups is 1. The van der Waals surface area contributed by atoms with Crippen molar-refractivity contribution in [2.45, 2.75) is 40.5 Å². The van der Waals surface area contributed by atoms with Crippen molar-refractivity contribution in [1.29, 1.82) is 0 Å². The van der Waals surface area contributed by atoms with Gasteiger partial charge in [0.15, 0.2) is 11.6 Å². The highest BCUT2D eigenvalue weighted by atomic mass is 16.1. The number of para-hydroxylation sites is 2. The second-order valence-corrected chi connectivity index (χ2v) is 8.97. The summed E-state index contributed by atoms with van der Waals surface area (Å²) in [6, 6.07) is 14.0. The maximum absolute atomic E-state index is 13.2. The summed E-state index contributed by atoms with van der Waals surface area (Å²) in [4.78, 5) is 21.2. The lowest BCUT2D eigenvalue weighted by atomic mass is 9.76.